The first-order valence-corrected chi connectivity index (χ1v) is 5.47. The van der Waals surface area contributed by atoms with Crippen LogP contribution >= 0.6 is 0 Å². The summed E-state index contributed by atoms with van der Waals surface area (Å²) in [5, 5.41) is 19.6. The van der Waals surface area contributed by atoms with Gasteiger partial charge in [0.25, 0.3) is 5.91 Å². The predicted molar refractivity (Wildman–Crippen MR) is 64.8 cm³/mol. The van der Waals surface area contributed by atoms with Gasteiger partial charge in [0.15, 0.2) is 5.69 Å². The molecule has 0 radical (unpaired) electrons. The van der Waals surface area contributed by atoms with Gasteiger partial charge < -0.3 is 15.3 Å². The smallest absolute Gasteiger partial charge is 0.273 e. The van der Waals surface area contributed by atoms with Crippen LogP contribution in [0.4, 0.5) is 5.82 Å². The number of nitrogens with zero attached hydrogens (tertiary/aromatic N) is 3. The molecule has 1 amide bonds. The Morgan fingerprint density at radius 1 is 1.47 bits per heavy atom. The van der Waals surface area contributed by atoms with Crippen molar-refractivity contribution in [3.05, 3.63) is 17.8 Å². The summed E-state index contributed by atoms with van der Waals surface area (Å²) in [5.41, 5.74) is 0.315. The Kier molecular flexibility index (Phi) is 4.84. The highest BCUT2D eigenvalue weighted by molar-refractivity contribution is 5.91. The van der Waals surface area contributed by atoms with Gasteiger partial charge in [-0.1, -0.05) is 0 Å². The highest BCUT2D eigenvalue weighted by Gasteiger charge is 2.10. The number of aromatic nitrogens is 2. The summed E-state index contributed by atoms with van der Waals surface area (Å²) in [7, 11) is 3.33. The maximum absolute atomic E-state index is 11.6. The lowest BCUT2D eigenvalue weighted by Gasteiger charge is -2.13. The Labute approximate surface area is 101 Å². The lowest BCUT2D eigenvalue weighted by molar-refractivity contribution is 0.0821. The summed E-state index contributed by atoms with van der Waals surface area (Å²) < 4.78 is 0. The van der Waals surface area contributed by atoms with Gasteiger partial charge in [-0.3, -0.25) is 4.79 Å². The van der Waals surface area contributed by atoms with Crippen molar-refractivity contribution in [3.63, 3.8) is 0 Å². The van der Waals surface area contributed by atoms with Crippen molar-refractivity contribution in [2.75, 3.05) is 26.0 Å². The number of rotatable bonds is 5. The van der Waals surface area contributed by atoms with E-state index in [0.717, 1.165) is 0 Å². The van der Waals surface area contributed by atoms with Crippen molar-refractivity contribution in [2.45, 2.75) is 19.4 Å². The van der Waals surface area contributed by atoms with E-state index in [1.807, 2.05) is 6.92 Å². The molecule has 6 nitrogen and oxygen atoms in total. The first-order valence-electron chi connectivity index (χ1n) is 5.47. The van der Waals surface area contributed by atoms with E-state index in [-0.39, 0.29) is 18.6 Å². The zero-order chi connectivity index (χ0) is 12.8. The molecule has 2 N–H and O–H groups in total. The molecule has 0 spiro atoms. The van der Waals surface area contributed by atoms with E-state index in [4.69, 9.17) is 5.11 Å². The van der Waals surface area contributed by atoms with Crippen molar-refractivity contribution >= 4 is 11.7 Å². The Morgan fingerprint density at radius 2 is 2.18 bits per heavy atom. The van der Waals surface area contributed by atoms with Gasteiger partial charge in [0.05, 0.1) is 0 Å². The second-order valence-corrected chi connectivity index (χ2v) is 4.06. The topological polar surface area (TPSA) is 78.4 Å². The highest BCUT2D eigenvalue weighted by Crippen LogP contribution is 2.06. The minimum Gasteiger partial charge on any atom is -0.396 e. The maximum atomic E-state index is 11.6. The van der Waals surface area contributed by atoms with E-state index in [9.17, 15) is 4.79 Å². The van der Waals surface area contributed by atoms with Gasteiger partial charge in [0, 0.05) is 26.7 Å². The zero-order valence-electron chi connectivity index (χ0n) is 10.3. The Bertz CT molecular complexity index is 364. The minimum atomic E-state index is -0.174. The van der Waals surface area contributed by atoms with E-state index in [1.165, 1.54) is 4.90 Å². The number of carbonyl (C=O) groups is 1. The van der Waals surface area contributed by atoms with Crippen molar-refractivity contribution in [2.24, 2.45) is 0 Å². The van der Waals surface area contributed by atoms with Crippen LogP contribution in [0.1, 0.15) is 23.8 Å². The highest BCUT2D eigenvalue weighted by atomic mass is 16.3. The van der Waals surface area contributed by atoms with Crippen molar-refractivity contribution in [1.82, 2.24) is 15.1 Å². The molecule has 0 bridgehead atoms. The van der Waals surface area contributed by atoms with Crippen LogP contribution in [0.25, 0.3) is 0 Å². The predicted octanol–water partition coefficient (Wildman–Crippen LogP) is 0.361. The van der Waals surface area contributed by atoms with Crippen LogP contribution in [0.3, 0.4) is 0 Å². The first kappa shape index (κ1) is 13.4. The number of anilines is 1. The van der Waals surface area contributed by atoms with Gasteiger partial charge in [0.1, 0.15) is 5.82 Å². The molecule has 0 aliphatic heterocycles. The molecule has 94 valence electrons. The van der Waals surface area contributed by atoms with E-state index < -0.39 is 0 Å². The second kappa shape index (κ2) is 6.15. The number of aliphatic hydroxyl groups excluding tert-OH is 1. The number of hydrogen-bond donors (Lipinski definition) is 2. The summed E-state index contributed by atoms with van der Waals surface area (Å²) in [6.07, 6.45) is 0.639. The summed E-state index contributed by atoms with van der Waals surface area (Å²) >= 11 is 0. The van der Waals surface area contributed by atoms with Crippen molar-refractivity contribution in [1.29, 1.82) is 0 Å². The molecule has 0 aliphatic rings. The molecule has 1 rings (SSSR count). The van der Waals surface area contributed by atoms with E-state index >= 15 is 0 Å². The van der Waals surface area contributed by atoms with Crippen LogP contribution in [-0.4, -0.2) is 52.9 Å². The zero-order valence-corrected chi connectivity index (χ0v) is 10.3. The fourth-order valence-corrected chi connectivity index (χ4v) is 1.27. The molecular formula is C11H18N4O2. The molecule has 0 aromatic carbocycles. The Balaban J connectivity index is 2.65. The van der Waals surface area contributed by atoms with Crippen LogP contribution < -0.4 is 5.32 Å². The van der Waals surface area contributed by atoms with Crippen molar-refractivity contribution < 1.29 is 9.90 Å². The lowest BCUT2D eigenvalue weighted by atomic mass is 10.2. The van der Waals surface area contributed by atoms with Gasteiger partial charge >= 0.3 is 0 Å². The van der Waals surface area contributed by atoms with Gasteiger partial charge in [-0.2, -0.15) is 0 Å². The van der Waals surface area contributed by atoms with Gasteiger partial charge in [-0.25, -0.2) is 0 Å². The fourth-order valence-electron chi connectivity index (χ4n) is 1.27. The molecule has 1 heterocycles. The summed E-state index contributed by atoms with van der Waals surface area (Å²) in [4.78, 5) is 13.0. The average molecular weight is 238 g/mol. The lowest BCUT2D eigenvalue weighted by Crippen LogP contribution is -2.23. The van der Waals surface area contributed by atoms with Gasteiger partial charge in [0.2, 0.25) is 0 Å². The van der Waals surface area contributed by atoms with Crippen LogP contribution in [0.5, 0.6) is 0 Å². The molecular weight excluding hydrogens is 220 g/mol. The molecule has 17 heavy (non-hydrogen) atoms. The van der Waals surface area contributed by atoms with Gasteiger partial charge in [-0.05, 0) is 25.5 Å². The second-order valence-electron chi connectivity index (χ2n) is 4.06. The molecule has 1 atom stereocenters. The molecule has 0 fully saturated rings. The molecule has 0 saturated heterocycles. The van der Waals surface area contributed by atoms with Gasteiger partial charge in [-0.15, -0.1) is 10.2 Å². The normalized spacial score (nSPS) is 12.0. The van der Waals surface area contributed by atoms with E-state index in [1.54, 1.807) is 26.2 Å². The maximum Gasteiger partial charge on any atom is 0.273 e. The van der Waals surface area contributed by atoms with Crippen LogP contribution in [0.2, 0.25) is 0 Å². The van der Waals surface area contributed by atoms with E-state index in [0.29, 0.717) is 17.9 Å². The number of aliphatic hydroxyl groups is 1. The molecule has 1 unspecified atom stereocenters. The number of carbonyl (C=O) groups excluding carboxylic acids is 1. The van der Waals surface area contributed by atoms with Crippen LogP contribution in [-0.2, 0) is 0 Å². The van der Waals surface area contributed by atoms with Crippen LogP contribution in [0.15, 0.2) is 12.1 Å². The van der Waals surface area contributed by atoms with Crippen molar-refractivity contribution in [3.8, 4) is 0 Å². The van der Waals surface area contributed by atoms with E-state index in [2.05, 4.69) is 15.5 Å². The third-order valence-corrected chi connectivity index (χ3v) is 2.25. The van der Waals surface area contributed by atoms with Crippen LogP contribution in [0, 0.1) is 0 Å². The quantitative estimate of drug-likeness (QED) is 0.774. The number of hydrogen-bond acceptors (Lipinski definition) is 5. The fraction of sp³-hybridized carbons (Fsp3) is 0.545. The third-order valence-electron chi connectivity index (χ3n) is 2.25. The number of amides is 1. The molecule has 6 heteroatoms. The minimum absolute atomic E-state index is 0.115. The summed E-state index contributed by atoms with van der Waals surface area (Å²) in [6, 6.07) is 3.45. The average Bonchev–Trinajstić information content (AvgIpc) is 2.29. The molecule has 1 aromatic rings. The SMILES string of the molecule is CC(CCO)Nc1ccc(C(=O)N(C)C)nn1. The molecule has 0 saturated carbocycles. The Hall–Kier alpha value is -1.69. The number of nitrogens with one attached hydrogen (secondary N) is 1. The third kappa shape index (κ3) is 3.99. The largest absolute Gasteiger partial charge is 0.396 e. The Morgan fingerprint density at radius 3 is 2.65 bits per heavy atom. The summed E-state index contributed by atoms with van der Waals surface area (Å²) in [5.74, 6) is 0.425. The molecule has 0 aliphatic carbocycles. The summed E-state index contributed by atoms with van der Waals surface area (Å²) in [6.45, 7) is 2.07. The monoisotopic (exact) mass is 238 g/mol. The standard InChI is InChI=1S/C11H18N4O2/c1-8(6-7-16)12-10-5-4-9(13-14-10)11(17)15(2)3/h4-5,8,16H,6-7H2,1-3H3,(H,12,14). The molecule has 1 aromatic heterocycles. The first-order chi connectivity index (χ1) is 8.04.